The number of pyridine rings is 1. The Kier molecular flexibility index (Phi) is 6.56. The lowest BCUT2D eigenvalue weighted by Crippen LogP contribution is -2.43. The molecule has 10 nitrogen and oxygen atoms in total. The number of anilines is 1. The third-order valence-corrected chi connectivity index (χ3v) is 6.16. The second-order valence-electron chi connectivity index (χ2n) is 6.42. The second kappa shape index (κ2) is 8.80. The molecule has 0 aliphatic carbocycles. The normalized spacial score (nSPS) is 15.0. The van der Waals surface area contributed by atoms with Gasteiger partial charge in [-0.1, -0.05) is 6.07 Å². The fourth-order valence-corrected chi connectivity index (χ4v) is 4.56. The minimum Gasteiger partial charge on any atom is -0.366 e. The first kappa shape index (κ1) is 22.3. The van der Waals surface area contributed by atoms with Crippen LogP contribution in [-0.2, 0) is 14.4 Å². The first-order valence-electron chi connectivity index (χ1n) is 8.78. The van der Waals surface area contributed by atoms with Crippen molar-refractivity contribution in [3.8, 4) is 0 Å². The maximum atomic E-state index is 13.5. The topological polar surface area (TPSA) is 156 Å². The van der Waals surface area contributed by atoms with Crippen LogP contribution in [0.4, 0.5) is 10.1 Å². The molecule has 162 valence electrons. The highest BCUT2D eigenvalue weighted by atomic mass is 32.2. The van der Waals surface area contributed by atoms with E-state index in [1.807, 2.05) is 0 Å². The van der Waals surface area contributed by atoms with Gasteiger partial charge in [0.15, 0.2) is 0 Å². The summed E-state index contributed by atoms with van der Waals surface area (Å²) in [5.74, 6) is -0.584. The van der Waals surface area contributed by atoms with Crippen LogP contribution in [0, 0.1) is 5.82 Å². The highest BCUT2D eigenvalue weighted by Crippen LogP contribution is 2.32. The monoisotopic (exact) mass is 458 g/mol. The molecule has 0 amide bonds. The molecule has 1 aliphatic rings. The molecule has 13 heteroatoms. The van der Waals surface area contributed by atoms with Gasteiger partial charge in [-0.3, -0.25) is 4.98 Å². The van der Waals surface area contributed by atoms with E-state index in [2.05, 4.69) is 20.2 Å². The molecule has 2 aromatic heterocycles. The van der Waals surface area contributed by atoms with Crippen molar-refractivity contribution in [3.05, 3.63) is 48.5 Å². The van der Waals surface area contributed by atoms with E-state index < -0.39 is 23.5 Å². The summed E-state index contributed by atoms with van der Waals surface area (Å²) in [4.78, 5) is 31.2. The van der Waals surface area contributed by atoms with Crippen LogP contribution < -0.4 is 10.2 Å². The largest absolute Gasteiger partial charge is 0.466 e. The van der Waals surface area contributed by atoms with Crippen molar-refractivity contribution in [2.45, 2.75) is 9.79 Å². The molecule has 4 rings (SSSR count). The predicted octanol–water partition coefficient (Wildman–Crippen LogP) is 1.02. The van der Waals surface area contributed by atoms with E-state index in [1.165, 1.54) is 30.5 Å². The smallest absolute Gasteiger partial charge is 0.366 e. The highest BCUT2D eigenvalue weighted by molar-refractivity contribution is 7.91. The van der Waals surface area contributed by atoms with Gasteiger partial charge in [0.25, 0.3) is 0 Å². The van der Waals surface area contributed by atoms with Crippen molar-refractivity contribution < 1.29 is 32.1 Å². The number of rotatable bonds is 3. The Morgan fingerprint density at radius 3 is 2.43 bits per heavy atom. The zero-order valence-corrected chi connectivity index (χ0v) is 17.3. The number of nitrogens with zero attached hydrogens (tertiary/aromatic N) is 2. The fraction of sp³-hybridized carbons (Fsp3) is 0.235. The molecule has 3 heterocycles. The summed E-state index contributed by atoms with van der Waals surface area (Å²) >= 11 is 0. The molecule has 0 spiro atoms. The number of fused-ring (bicyclic) bond motifs is 1. The van der Waals surface area contributed by atoms with Gasteiger partial charge in [-0.15, -0.1) is 0 Å². The second-order valence-corrected chi connectivity index (χ2v) is 9.36. The van der Waals surface area contributed by atoms with Gasteiger partial charge in [0.2, 0.25) is 9.84 Å². The van der Waals surface area contributed by atoms with Gasteiger partial charge in [0.05, 0.1) is 21.0 Å². The Morgan fingerprint density at radius 1 is 1.13 bits per heavy atom. The summed E-state index contributed by atoms with van der Waals surface area (Å²) in [6, 6.07) is 6.48. The van der Waals surface area contributed by atoms with Gasteiger partial charge in [-0.05, 0) is 24.3 Å². The maximum absolute atomic E-state index is 13.5. The Bertz CT molecular complexity index is 1180. The maximum Gasteiger partial charge on any atom is 0.466 e. The number of piperazine rings is 1. The lowest BCUT2D eigenvalue weighted by molar-refractivity contribution is 0.275. The molecular formula is C17H20FN4O6PS. The van der Waals surface area contributed by atoms with Gasteiger partial charge in [0, 0.05) is 38.6 Å². The average Bonchev–Trinajstić information content (AvgIpc) is 3.11. The number of aromatic nitrogens is 2. The zero-order chi connectivity index (χ0) is 21.9. The van der Waals surface area contributed by atoms with E-state index in [-0.39, 0.29) is 9.79 Å². The number of sulfone groups is 1. The molecule has 1 fully saturated rings. The molecule has 0 bridgehead atoms. The van der Waals surface area contributed by atoms with E-state index in [1.54, 1.807) is 6.20 Å². The minimum absolute atomic E-state index is 0.0710. The van der Waals surface area contributed by atoms with Crippen LogP contribution in [0.1, 0.15) is 0 Å². The van der Waals surface area contributed by atoms with Gasteiger partial charge < -0.3 is 29.9 Å². The number of aromatic amines is 1. The zero-order valence-electron chi connectivity index (χ0n) is 15.6. The summed E-state index contributed by atoms with van der Waals surface area (Å²) in [6.07, 6.45) is 3.27. The molecule has 3 aromatic rings. The van der Waals surface area contributed by atoms with Crippen LogP contribution in [0.25, 0.3) is 11.0 Å². The minimum atomic E-state index is -4.64. The molecule has 1 aliphatic heterocycles. The summed E-state index contributed by atoms with van der Waals surface area (Å²) < 4.78 is 48.3. The van der Waals surface area contributed by atoms with Gasteiger partial charge >= 0.3 is 7.82 Å². The summed E-state index contributed by atoms with van der Waals surface area (Å²) in [5.41, 5.74) is 1.94. The van der Waals surface area contributed by atoms with Crippen molar-refractivity contribution in [2.75, 3.05) is 31.1 Å². The lowest BCUT2D eigenvalue weighted by atomic mass is 10.3. The fourth-order valence-electron chi connectivity index (χ4n) is 3.12. The number of nitrogens with one attached hydrogen (secondary N) is 2. The molecule has 0 unspecified atom stereocenters. The van der Waals surface area contributed by atoms with E-state index in [9.17, 15) is 12.8 Å². The Labute approximate surface area is 171 Å². The first-order chi connectivity index (χ1) is 14.1. The number of hydrogen-bond donors (Lipinski definition) is 5. The van der Waals surface area contributed by atoms with Gasteiger partial charge in [-0.2, -0.15) is 0 Å². The van der Waals surface area contributed by atoms with Crippen LogP contribution in [0.2, 0.25) is 0 Å². The summed E-state index contributed by atoms with van der Waals surface area (Å²) in [6.45, 7) is 3.40. The molecule has 1 saturated heterocycles. The van der Waals surface area contributed by atoms with Crippen LogP contribution in [-0.4, -0.2) is 59.2 Å². The van der Waals surface area contributed by atoms with Crippen molar-refractivity contribution in [1.82, 2.24) is 15.3 Å². The summed E-state index contributed by atoms with van der Waals surface area (Å²) in [7, 11) is -8.49. The molecule has 30 heavy (non-hydrogen) atoms. The number of benzene rings is 1. The SMILES string of the molecule is O=P(O)(O)O.O=S(=O)(c1cccc(F)c1)c1ccnc2c(N3CCNCC3)c[nH]c12. The van der Waals surface area contributed by atoms with Crippen LogP contribution in [0.5, 0.6) is 0 Å². The lowest BCUT2D eigenvalue weighted by Gasteiger charge is -2.28. The number of hydrogen-bond acceptors (Lipinski definition) is 6. The third kappa shape index (κ3) is 5.22. The first-order valence-corrected chi connectivity index (χ1v) is 11.8. The van der Waals surface area contributed by atoms with E-state index in [0.29, 0.717) is 11.0 Å². The van der Waals surface area contributed by atoms with Crippen molar-refractivity contribution in [2.24, 2.45) is 0 Å². The average molecular weight is 458 g/mol. The van der Waals surface area contributed by atoms with Gasteiger partial charge in [0.1, 0.15) is 11.3 Å². The molecule has 0 saturated carbocycles. The quantitative estimate of drug-likeness (QED) is 0.362. The Hall–Kier alpha value is -2.34. The predicted molar refractivity (Wildman–Crippen MR) is 107 cm³/mol. The molecule has 5 N–H and O–H groups in total. The Balaban J connectivity index is 0.000000461. The molecule has 1 aromatic carbocycles. The third-order valence-electron chi connectivity index (χ3n) is 4.36. The Morgan fingerprint density at radius 2 is 1.80 bits per heavy atom. The van der Waals surface area contributed by atoms with Crippen LogP contribution in [0.15, 0.2) is 52.5 Å². The standard InChI is InChI=1S/C17H17FN4O2S.H3O4P/c18-12-2-1-3-13(10-12)25(23,24)15-4-5-20-16-14(11-21-17(15)16)22-8-6-19-7-9-22;1-5(2,3)4/h1-5,10-11,19,21H,6-9H2;(H3,1,2,3,4). The molecular weight excluding hydrogens is 438 g/mol. The summed E-state index contributed by atoms with van der Waals surface area (Å²) in [5, 5.41) is 3.28. The van der Waals surface area contributed by atoms with E-state index in [4.69, 9.17) is 19.2 Å². The van der Waals surface area contributed by atoms with Crippen molar-refractivity contribution >= 4 is 34.4 Å². The number of H-pyrrole nitrogens is 1. The van der Waals surface area contributed by atoms with Gasteiger partial charge in [-0.25, -0.2) is 17.4 Å². The van der Waals surface area contributed by atoms with E-state index >= 15 is 0 Å². The van der Waals surface area contributed by atoms with E-state index in [0.717, 1.165) is 37.9 Å². The molecule has 0 radical (unpaired) electrons. The van der Waals surface area contributed by atoms with Crippen LogP contribution >= 0.6 is 7.82 Å². The number of phosphoric acid groups is 1. The van der Waals surface area contributed by atoms with Crippen molar-refractivity contribution in [1.29, 1.82) is 0 Å². The van der Waals surface area contributed by atoms with Crippen LogP contribution in [0.3, 0.4) is 0 Å². The van der Waals surface area contributed by atoms with Crippen molar-refractivity contribution in [3.63, 3.8) is 0 Å². The highest BCUT2D eigenvalue weighted by Gasteiger charge is 2.24. The molecule has 0 atom stereocenters. The number of halogens is 1.